The highest BCUT2D eigenvalue weighted by molar-refractivity contribution is 5.78. The zero-order valence-corrected chi connectivity index (χ0v) is 15.1. The molecule has 2 aliphatic heterocycles. The first-order valence-electron chi connectivity index (χ1n) is 9.38. The van der Waals surface area contributed by atoms with Gasteiger partial charge in [0.1, 0.15) is 0 Å². The molecule has 3 rings (SSSR count). The average Bonchev–Trinajstić information content (AvgIpc) is 2.69. The lowest BCUT2D eigenvalue weighted by molar-refractivity contribution is -0.125. The fourth-order valence-electron chi connectivity index (χ4n) is 3.57. The number of ether oxygens (including phenoxy) is 1. The Morgan fingerprint density at radius 3 is 2.24 bits per heavy atom. The van der Waals surface area contributed by atoms with Crippen molar-refractivity contribution in [2.75, 3.05) is 56.2 Å². The van der Waals surface area contributed by atoms with Crippen LogP contribution in [0.15, 0.2) is 12.1 Å². The minimum absolute atomic E-state index is 0.0914. The van der Waals surface area contributed by atoms with E-state index >= 15 is 0 Å². The normalized spacial score (nSPS) is 19.1. The smallest absolute Gasteiger partial charge is 0.223 e. The van der Waals surface area contributed by atoms with Crippen LogP contribution >= 0.6 is 0 Å². The SMILES string of the molecule is COCCNC(=O)C1CCN(c2ccc(N3CCCCC3)nn2)CC1. The summed E-state index contributed by atoms with van der Waals surface area (Å²) in [6.07, 6.45) is 5.51. The van der Waals surface area contributed by atoms with E-state index in [1.807, 2.05) is 0 Å². The van der Waals surface area contributed by atoms with Crippen molar-refractivity contribution in [3.8, 4) is 0 Å². The highest BCUT2D eigenvalue weighted by Gasteiger charge is 2.25. The van der Waals surface area contributed by atoms with Gasteiger partial charge in [0, 0.05) is 45.8 Å². The number of rotatable bonds is 6. The number of hydrogen-bond donors (Lipinski definition) is 1. The van der Waals surface area contributed by atoms with Gasteiger partial charge in [0.05, 0.1) is 6.61 Å². The van der Waals surface area contributed by atoms with Gasteiger partial charge in [0.25, 0.3) is 0 Å². The molecule has 7 nitrogen and oxygen atoms in total. The van der Waals surface area contributed by atoms with E-state index in [4.69, 9.17) is 4.74 Å². The average molecular weight is 347 g/mol. The van der Waals surface area contributed by atoms with Gasteiger partial charge in [-0.15, -0.1) is 10.2 Å². The van der Waals surface area contributed by atoms with E-state index in [9.17, 15) is 4.79 Å². The van der Waals surface area contributed by atoms with Gasteiger partial charge in [-0.3, -0.25) is 4.79 Å². The lowest BCUT2D eigenvalue weighted by atomic mass is 9.96. The largest absolute Gasteiger partial charge is 0.383 e. The molecule has 1 aromatic heterocycles. The van der Waals surface area contributed by atoms with Crippen LogP contribution in [0.5, 0.6) is 0 Å². The van der Waals surface area contributed by atoms with Gasteiger partial charge in [-0.1, -0.05) is 0 Å². The predicted molar refractivity (Wildman–Crippen MR) is 97.9 cm³/mol. The molecule has 0 radical (unpaired) electrons. The number of carbonyl (C=O) groups is 1. The fraction of sp³-hybridized carbons (Fsp3) is 0.722. The minimum Gasteiger partial charge on any atom is -0.383 e. The number of anilines is 2. The molecule has 0 aromatic carbocycles. The maximum atomic E-state index is 12.1. The molecule has 0 atom stereocenters. The van der Waals surface area contributed by atoms with Crippen molar-refractivity contribution in [3.05, 3.63) is 12.1 Å². The van der Waals surface area contributed by atoms with Crippen LogP contribution in [0.2, 0.25) is 0 Å². The summed E-state index contributed by atoms with van der Waals surface area (Å²) in [4.78, 5) is 16.7. The summed E-state index contributed by atoms with van der Waals surface area (Å²) in [6.45, 7) is 5.00. The Kier molecular flexibility index (Phi) is 6.44. The Morgan fingerprint density at radius 2 is 1.68 bits per heavy atom. The Morgan fingerprint density at radius 1 is 1.08 bits per heavy atom. The molecule has 3 heterocycles. The topological polar surface area (TPSA) is 70.6 Å². The summed E-state index contributed by atoms with van der Waals surface area (Å²) in [6, 6.07) is 4.15. The number of carbonyl (C=O) groups excluding carboxylic acids is 1. The number of amides is 1. The molecule has 0 aliphatic carbocycles. The van der Waals surface area contributed by atoms with E-state index in [1.165, 1.54) is 19.3 Å². The van der Waals surface area contributed by atoms with Gasteiger partial charge in [-0.05, 0) is 44.2 Å². The molecular formula is C18H29N5O2. The zero-order chi connectivity index (χ0) is 17.5. The van der Waals surface area contributed by atoms with Gasteiger partial charge in [-0.25, -0.2) is 0 Å². The molecule has 138 valence electrons. The van der Waals surface area contributed by atoms with Crippen molar-refractivity contribution in [1.29, 1.82) is 0 Å². The number of hydrogen-bond acceptors (Lipinski definition) is 6. The molecule has 0 spiro atoms. The van der Waals surface area contributed by atoms with Gasteiger partial charge in [0.2, 0.25) is 5.91 Å². The molecule has 2 saturated heterocycles. The van der Waals surface area contributed by atoms with E-state index in [-0.39, 0.29) is 11.8 Å². The second kappa shape index (κ2) is 8.99. The first kappa shape index (κ1) is 17.9. The van der Waals surface area contributed by atoms with Gasteiger partial charge in [0.15, 0.2) is 11.6 Å². The quantitative estimate of drug-likeness (QED) is 0.786. The molecule has 0 saturated carbocycles. The first-order valence-corrected chi connectivity index (χ1v) is 9.38. The maximum absolute atomic E-state index is 12.1. The molecule has 1 aromatic rings. The monoisotopic (exact) mass is 347 g/mol. The van der Waals surface area contributed by atoms with Crippen LogP contribution in [0.25, 0.3) is 0 Å². The molecule has 1 N–H and O–H groups in total. The van der Waals surface area contributed by atoms with Crippen LogP contribution in [-0.2, 0) is 9.53 Å². The lowest BCUT2D eigenvalue weighted by Gasteiger charge is -2.32. The fourth-order valence-corrected chi connectivity index (χ4v) is 3.57. The molecule has 2 aliphatic rings. The van der Waals surface area contributed by atoms with Gasteiger partial charge < -0.3 is 19.9 Å². The van der Waals surface area contributed by atoms with E-state index in [0.29, 0.717) is 13.2 Å². The summed E-state index contributed by atoms with van der Waals surface area (Å²) < 4.78 is 4.97. The highest BCUT2D eigenvalue weighted by Crippen LogP contribution is 2.23. The Bertz CT molecular complexity index is 537. The maximum Gasteiger partial charge on any atom is 0.223 e. The molecule has 25 heavy (non-hydrogen) atoms. The Hall–Kier alpha value is -1.89. The van der Waals surface area contributed by atoms with E-state index in [2.05, 4.69) is 37.4 Å². The molecule has 7 heteroatoms. The van der Waals surface area contributed by atoms with Crippen LogP contribution in [-0.4, -0.2) is 62.5 Å². The van der Waals surface area contributed by atoms with Crippen molar-refractivity contribution in [2.45, 2.75) is 32.1 Å². The van der Waals surface area contributed by atoms with Gasteiger partial charge >= 0.3 is 0 Å². The summed E-state index contributed by atoms with van der Waals surface area (Å²) in [5, 5.41) is 11.8. The summed E-state index contributed by atoms with van der Waals surface area (Å²) in [7, 11) is 1.64. The second-order valence-electron chi connectivity index (χ2n) is 6.84. The number of aromatic nitrogens is 2. The van der Waals surface area contributed by atoms with E-state index in [1.54, 1.807) is 7.11 Å². The molecule has 2 fully saturated rings. The third kappa shape index (κ3) is 4.81. The number of piperidine rings is 2. The lowest BCUT2D eigenvalue weighted by Crippen LogP contribution is -2.41. The van der Waals surface area contributed by atoms with Crippen LogP contribution in [0.4, 0.5) is 11.6 Å². The summed E-state index contributed by atoms with van der Waals surface area (Å²) >= 11 is 0. The van der Waals surface area contributed by atoms with Crippen LogP contribution in [0.3, 0.4) is 0 Å². The van der Waals surface area contributed by atoms with Crippen molar-refractivity contribution in [2.24, 2.45) is 5.92 Å². The highest BCUT2D eigenvalue weighted by atomic mass is 16.5. The Balaban J connectivity index is 1.48. The minimum atomic E-state index is 0.0914. The number of nitrogens with one attached hydrogen (secondary N) is 1. The molecule has 0 unspecified atom stereocenters. The molecular weight excluding hydrogens is 318 g/mol. The molecule has 0 bridgehead atoms. The van der Waals surface area contributed by atoms with Gasteiger partial charge in [-0.2, -0.15) is 0 Å². The van der Waals surface area contributed by atoms with Crippen LogP contribution in [0, 0.1) is 5.92 Å². The Labute approximate surface area is 149 Å². The third-order valence-electron chi connectivity index (χ3n) is 5.11. The summed E-state index contributed by atoms with van der Waals surface area (Å²) in [5.74, 6) is 2.13. The van der Waals surface area contributed by atoms with Crippen molar-refractivity contribution >= 4 is 17.5 Å². The van der Waals surface area contributed by atoms with Crippen LogP contribution < -0.4 is 15.1 Å². The zero-order valence-electron chi connectivity index (χ0n) is 15.1. The van der Waals surface area contributed by atoms with E-state index < -0.39 is 0 Å². The predicted octanol–water partition coefficient (Wildman–Crippen LogP) is 1.45. The van der Waals surface area contributed by atoms with Crippen molar-refractivity contribution in [3.63, 3.8) is 0 Å². The van der Waals surface area contributed by atoms with Crippen LogP contribution in [0.1, 0.15) is 32.1 Å². The van der Waals surface area contributed by atoms with E-state index in [0.717, 1.165) is 50.7 Å². The number of methoxy groups -OCH3 is 1. The summed E-state index contributed by atoms with van der Waals surface area (Å²) in [5.41, 5.74) is 0. The molecule has 1 amide bonds. The second-order valence-corrected chi connectivity index (χ2v) is 6.84. The van der Waals surface area contributed by atoms with Crippen molar-refractivity contribution in [1.82, 2.24) is 15.5 Å². The van der Waals surface area contributed by atoms with Crippen molar-refractivity contribution < 1.29 is 9.53 Å². The standard InChI is InChI=1S/C18H29N5O2/c1-25-14-9-19-18(24)15-7-12-23(13-8-15)17-6-5-16(20-21-17)22-10-3-2-4-11-22/h5-6,15H,2-4,7-14H2,1H3,(H,19,24). The first-order chi connectivity index (χ1) is 12.3. The number of nitrogens with zero attached hydrogens (tertiary/aromatic N) is 4. The third-order valence-corrected chi connectivity index (χ3v) is 5.11.